The zero-order valence-electron chi connectivity index (χ0n) is 25.8. The molecule has 2 aromatic heterocycles. The number of ketones is 1. The maximum absolute atomic E-state index is 11.7. The summed E-state index contributed by atoms with van der Waals surface area (Å²) in [5, 5.41) is 12.1. The van der Waals surface area contributed by atoms with Crippen molar-refractivity contribution in [1.82, 2.24) is 9.97 Å². The minimum absolute atomic E-state index is 0. The van der Waals surface area contributed by atoms with E-state index in [-0.39, 0.29) is 48.9 Å². The molecule has 0 fully saturated rings. The van der Waals surface area contributed by atoms with Gasteiger partial charge in [0.15, 0.2) is 5.78 Å². The van der Waals surface area contributed by atoms with Crippen LogP contribution in [-0.2, 0) is 31.3 Å². The molecule has 223 valence electrons. The first-order chi connectivity index (χ1) is 19.0. The van der Waals surface area contributed by atoms with Crippen LogP contribution in [0.4, 0.5) is 0 Å². The molecule has 0 aliphatic rings. The Morgan fingerprint density at radius 3 is 2.22 bits per heavy atom. The van der Waals surface area contributed by atoms with Crippen molar-refractivity contribution < 1.29 is 30.0 Å². The van der Waals surface area contributed by atoms with Crippen molar-refractivity contribution in [2.45, 2.75) is 87.5 Å². The topological polar surface area (TPSA) is 63.1 Å². The molecule has 0 bridgehead atoms. The quantitative estimate of drug-likeness (QED) is 0.105. The van der Waals surface area contributed by atoms with Crippen LogP contribution in [0, 0.1) is 30.2 Å². The van der Waals surface area contributed by atoms with Crippen molar-refractivity contribution in [2.24, 2.45) is 17.3 Å². The van der Waals surface area contributed by atoms with Crippen molar-refractivity contribution in [3.63, 3.8) is 0 Å². The smallest absolute Gasteiger partial charge is 0.162 e. The fraction of sp³-hybridized carbons (Fsp3) is 0.457. The number of aromatic nitrogens is 2. The number of carbonyl (C=O) groups is 1. The molecule has 0 amide bonds. The number of hydrogen-bond acceptors (Lipinski definition) is 5. The number of aliphatic hydroxyl groups is 1. The van der Waals surface area contributed by atoms with E-state index in [1.807, 2.05) is 39.0 Å². The minimum Gasteiger partial charge on any atom is -0.512 e. The van der Waals surface area contributed by atoms with E-state index in [1.54, 1.807) is 6.33 Å². The maximum Gasteiger partial charge on any atom is 0.162 e. The van der Waals surface area contributed by atoms with Crippen LogP contribution in [0.5, 0.6) is 0 Å². The molecule has 2 aromatic carbocycles. The molecule has 4 aromatic rings. The molecule has 4 nitrogen and oxygen atoms in total. The van der Waals surface area contributed by atoms with E-state index in [9.17, 15) is 9.90 Å². The number of thiophene rings is 1. The summed E-state index contributed by atoms with van der Waals surface area (Å²) in [6.07, 6.45) is 7.64. The van der Waals surface area contributed by atoms with Crippen molar-refractivity contribution in [3.8, 4) is 11.3 Å². The van der Waals surface area contributed by atoms with Crippen LogP contribution in [0.25, 0.3) is 32.2 Å². The Balaban J connectivity index is 0.000000320. The third-order valence-electron chi connectivity index (χ3n) is 7.49. The average molecular weight is 750 g/mol. The predicted molar refractivity (Wildman–Crippen MR) is 171 cm³/mol. The third kappa shape index (κ3) is 9.04. The van der Waals surface area contributed by atoms with Crippen molar-refractivity contribution in [1.29, 1.82) is 0 Å². The standard InChI is InChI=1S/C22H21N2S.C13H24O2.Ir/c1-14-18(12-22(2,3)4)25-21-19(14)23-13-24-20(21)17-10-9-15-7-5-6-8-16(15)11-17;1-5-10(6-2)12(14)9-13(15)11(7-3)8-4;/h5-10,13H,12H2,1-4H3;9-11,14H,5-8H2,1-4H3;/q-1;;/b;12-9-;. The van der Waals surface area contributed by atoms with E-state index in [4.69, 9.17) is 0 Å². The van der Waals surface area contributed by atoms with Gasteiger partial charge in [-0.2, -0.15) is 0 Å². The summed E-state index contributed by atoms with van der Waals surface area (Å²) >= 11 is 1.83. The first-order valence-corrected chi connectivity index (χ1v) is 15.4. The van der Waals surface area contributed by atoms with Crippen LogP contribution in [-0.4, -0.2) is 20.9 Å². The molecule has 4 rings (SSSR count). The Bertz CT molecular complexity index is 1460. The zero-order chi connectivity index (χ0) is 29.4. The minimum atomic E-state index is 0. The number of allylic oxidation sites excluding steroid dienone is 2. The fourth-order valence-corrected chi connectivity index (χ4v) is 6.51. The summed E-state index contributed by atoms with van der Waals surface area (Å²) in [6, 6.07) is 16.1. The molecular weight excluding hydrogens is 705 g/mol. The van der Waals surface area contributed by atoms with Gasteiger partial charge in [0, 0.05) is 53.3 Å². The molecule has 0 atom stereocenters. The van der Waals surface area contributed by atoms with E-state index < -0.39 is 0 Å². The predicted octanol–water partition coefficient (Wildman–Crippen LogP) is 10.1. The molecular formula is C35H45IrN2O2S-. The maximum atomic E-state index is 11.7. The van der Waals surface area contributed by atoms with Gasteiger partial charge in [-0.05, 0) is 50.0 Å². The third-order valence-corrected chi connectivity index (χ3v) is 8.78. The Labute approximate surface area is 264 Å². The number of hydrogen-bond donors (Lipinski definition) is 1. The normalized spacial score (nSPS) is 12.0. The summed E-state index contributed by atoms with van der Waals surface area (Å²) in [7, 11) is 0. The summed E-state index contributed by atoms with van der Waals surface area (Å²) in [5.41, 5.74) is 4.66. The van der Waals surface area contributed by atoms with Gasteiger partial charge in [0.1, 0.15) is 6.33 Å². The van der Waals surface area contributed by atoms with E-state index in [0.29, 0.717) is 0 Å². The van der Waals surface area contributed by atoms with Crippen molar-refractivity contribution >= 4 is 38.1 Å². The van der Waals surface area contributed by atoms with Crippen LogP contribution < -0.4 is 0 Å². The molecule has 0 saturated carbocycles. The number of benzene rings is 2. The molecule has 0 spiro atoms. The van der Waals surface area contributed by atoms with Gasteiger partial charge >= 0.3 is 0 Å². The van der Waals surface area contributed by atoms with Crippen LogP contribution >= 0.6 is 11.3 Å². The van der Waals surface area contributed by atoms with Crippen molar-refractivity contribution in [3.05, 3.63) is 71.1 Å². The van der Waals surface area contributed by atoms with Gasteiger partial charge in [0.25, 0.3) is 0 Å². The second kappa shape index (κ2) is 15.7. The molecule has 41 heavy (non-hydrogen) atoms. The molecule has 0 aliphatic carbocycles. The van der Waals surface area contributed by atoms with Gasteiger partial charge in [-0.1, -0.05) is 77.6 Å². The summed E-state index contributed by atoms with van der Waals surface area (Å²) in [6.45, 7) is 17.1. The van der Waals surface area contributed by atoms with E-state index >= 15 is 0 Å². The van der Waals surface area contributed by atoms with Gasteiger partial charge in [0.05, 0.1) is 11.3 Å². The molecule has 6 heteroatoms. The number of rotatable bonds is 9. The van der Waals surface area contributed by atoms with Crippen LogP contribution in [0.3, 0.4) is 0 Å². The number of aryl methyl sites for hydroxylation is 1. The molecule has 0 aliphatic heterocycles. The van der Waals surface area contributed by atoms with Crippen LogP contribution in [0.1, 0.15) is 84.6 Å². The largest absolute Gasteiger partial charge is 0.512 e. The molecule has 1 radical (unpaired) electrons. The Hall–Kier alpha value is -2.40. The number of fused-ring (bicyclic) bond motifs is 2. The second-order valence-corrected chi connectivity index (χ2v) is 12.9. The van der Waals surface area contributed by atoms with Gasteiger partial charge in [-0.3, -0.25) is 9.78 Å². The zero-order valence-corrected chi connectivity index (χ0v) is 29.0. The van der Waals surface area contributed by atoms with Gasteiger partial charge in [-0.25, -0.2) is 4.98 Å². The van der Waals surface area contributed by atoms with Crippen LogP contribution in [0.2, 0.25) is 0 Å². The summed E-state index contributed by atoms with van der Waals surface area (Å²) in [4.78, 5) is 22.3. The summed E-state index contributed by atoms with van der Waals surface area (Å²) < 4.78 is 1.17. The van der Waals surface area contributed by atoms with Crippen molar-refractivity contribution in [2.75, 3.05) is 0 Å². The molecule has 2 heterocycles. The van der Waals surface area contributed by atoms with E-state index in [0.717, 1.165) is 54.3 Å². The number of nitrogens with zero attached hydrogens (tertiary/aromatic N) is 2. The number of aliphatic hydroxyl groups excluding tert-OH is 1. The van der Waals surface area contributed by atoms with E-state index in [1.165, 1.54) is 26.6 Å². The van der Waals surface area contributed by atoms with Gasteiger partial charge in [0.2, 0.25) is 0 Å². The van der Waals surface area contributed by atoms with Crippen LogP contribution in [0.15, 0.2) is 54.6 Å². The Morgan fingerprint density at radius 2 is 1.61 bits per heavy atom. The average Bonchev–Trinajstić information content (AvgIpc) is 3.23. The number of carbonyl (C=O) groups excluding carboxylic acids is 1. The second-order valence-electron chi connectivity index (χ2n) is 11.7. The summed E-state index contributed by atoms with van der Waals surface area (Å²) in [5.74, 6) is 0.547. The first-order valence-electron chi connectivity index (χ1n) is 14.6. The van der Waals surface area contributed by atoms with Gasteiger partial charge in [-0.15, -0.1) is 41.0 Å². The fourth-order valence-electron chi connectivity index (χ4n) is 4.95. The molecule has 0 saturated heterocycles. The monoisotopic (exact) mass is 750 g/mol. The SMILES string of the molecule is CCC(CC)C(=O)/C=C(\O)C(CC)CC.Cc1c(CC(C)(C)C)sc2c(-c3[c-]c4ccccc4cc3)ncnc12.[Ir]. The van der Waals surface area contributed by atoms with Gasteiger partial charge < -0.3 is 5.11 Å². The van der Waals surface area contributed by atoms with E-state index in [2.05, 4.69) is 80.1 Å². The first kappa shape index (κ1) is 34.8. The Kier molecular flexibility index (Phi) is 13.3. The Morgan fingerprint density at radius 1 is 0.976 bits per heavy atom. The molecule has 1 N–H and O–H groups in total. The molecule has 0 unspecified atom stereocenters.